The molecule has 1 atom stereocenters. The third-order valence-corrected chi connectivity index (χ3v) is 3.64. The van der Waals surface area contributed by atoms with Crippen molar-refractivity contribution < 1.29 is 9.59 Å². The Bertz CT molecular complexity index is 632. The predicted molar refractivity (Wildman–Crippen MR) is 81.7 cm³/mol. The van der Waals surface area contributed by atoms with Gasteiger partial charge in [0.15, 0.2) is 0 Å². The molecule has 0 aromatic heterocycles. The van der Waals surface area contributed by atoms with Crippen LogP contribution in [-0.4, -0.2) is 30.9 Å². The Morgan fingerprint density at radius 2 is 1.86 bits per heavy atom. The first-order chi connectivity index (χ1) is 9.81. The van der Waals surface area contributed by atoms with E-state index in [9.17, 15) is 9.59 Å². The minimum absolute atomic E-state index is 0.107. The first-order valence-electron chi connectivity index (χ1n) is 6.88. The molecule has 1 aromatic rings. The first kappa shape index (κ1) is 15.1. The van der Waals surface area contributed by atoms with Crippen molar-refractivity contribution in [2.45, 2.75) is 26.8 Å². The number of nitrogens with one attached hydrogen (secondary N) is 2. The van der Waals surface area contributed by atoms with Gasteiger partial charge in [0.05, 0.1) is 11.6 Å². The number of hydrogen-bond acceptors (Lipinski definition) is 2. The maximum Gasteiger partial charge on any atom is 0.319 e. The smallest absolute Gasteiger partial charge is 0.319 e. The van der Waals surface area contributed by atoms with Crippen LogP contribution in [0.2, 0.25) is 0 Å². The number of hydrogen-bond donors (Lipinski definition) is 2. The molecular formula is C16H21N3O2. The molecule has 5 heteroatoms. The molecule has 112 valence electrons. The van der Waals surface area contributed by atoms with Gasteiger partial charge in [-0.05, 0) is 31.9 Å². The lowest BCUT2D eigenvalue weighted by Gasteiger charge is -2.31. The molecule has 0 spiro atoms. The number of benzene rings is 1. The Morgan fingerprint density at radius 1 is 1.19 bits per heavy atom. The largest absolute Gasteiger partial charge is 0.345 e. The molecule has 1 heterocycles. The van der Waals surface area contributed by atoms with Crippen molar-refractivity contribution in [3.05, 3.63) is 46.2 Å². The second kappa shape index (κ2) is 5.60. The third-order valence-electron chi connectivity index (χ3n) is 3.64. The number of carbonyl (C=O) groups excluding carboxylic acids is 2. The Balaban J connectivity index is 2.55. The van der Waals surface area contributed by atoms with Crippen molar-refractivity contribution in [3.8, 4) is 0 Å². The molecule has 21 heavy (non-hydrogen) atoms. The van der Waals surface area contributed by atoms with Crippen LogP contribution in [0.5, 0.6) is 0 Å². The zero-order valence-electron chi connectivity index (χ0n) is 13.1. The lowest BCUT2D eigenvalue weighted by Crippen LogP contribution is -2.47. The van der Waals surface area contributed by atoms with E-state index < -0.39 is 6.04 Å². The molecule has 0 fully saturated rings. The molecule has 0 aliphatic carbocycles. The van der Waals surface area contributed by atoms with Crippen LogP contribution in [0.1, 0.15) is 29.7 Å². The summed E-state index contributed by atoms with van der Waals surface area (Å²) in [6, 6.07) is 5.30. The quantitative estimate of drug-likeness (QED) is 0.874. The number of amides is 3. The molecule has 1 aliphatic rings. The van der Waals surface area contributed by atoms with Gasteiger partial charge in [-0.1, -0.05) is 23.8 Å². The minimum Gasteiger partial charge on any atom is -0.345 e. The monoisotopic (exact) mass is 287 g/mol. The van der Waals surface area contributed by atoms with Gasteiger partial charge in [-0.3, -0.25) is 4.79 Å². The highest BCUT2D eigenvalue weighted by Gasteiger charge is 2.32. The first-order valence-corrected chi connectivity index (χ1v) is 6.88. The van der Waals surface area contributed by atoms with Gasteiger partial charge in [0.2, 0.25) is 0 Å². The van der Waals surface area contributed by atoms with E-state index in [0.29, 0.717) is 11.3 Å². The minimum atomic E-state index is -0.422. The second-order valence-corrected chi connectivity index (χ2v) is 5.63. The van der Waals surface area contributed by atoms with Gasteiger partial charge in [0.1, 0.15) is 0 Å². The maximum atomic E-state index is 12.5. The maximum absolute atomic E-state index is 12.5. The van der Waals surface area contributed by atoms with Crippen LogP contribution < -0.4 is 10.6 Å². The number of rotatable bonds is 2. The van der Waals surface area contributed by atoms with Gasteiger partial charge in [-0.25, -0.2) is 4.79 Å². The summed E-state index contributed by atoms with van der Waals surface area (Å²) in [6.45, 7) is 5.76. The van der Waals surface area contributed by atoms with E-state index in [4.69, 9.17) is 0 Å². The highest BCUT2D eigenvalue weighted by atomic mass is 16.2. The molecule has 0 bridgehead atoms. The van der Waals surface area contributed by atoms with Gasteiger partial charge < -0.3 is 15.5 Å². The van der Waals surface area contributed by atoms with Gasteiger partial charge in [-0.15, -0.1) is 0 Å². The fourth-order valence-corrected chi connectivity index (χ4v) is 2.60. The van der Waals surface area contributed by atoms with Crippen LogP contribution in [0.25, 0.3) is 0 Å². The molecule has 5 nitrogen and oxygen atoms in total. The summed E-state index contributed by atoms with van der Waals surface area (Å²) in [5, 5.41) is 5.53. The number of aryl methyl sites for hydroxylation is 2. The fourth-order valence-electron chi connectivity index (χ4n) is 2.60. The molecule has 3 amide bonds. The van der Waals surface area contributed by atoms with Crippen LogP contribution in [0, 0.1) is 13.8 Å². The Hall–Kier alpha value is -2.30. The molecule has 0 saturated carbocycles. The van der Waals surface area contributed by atoms with Gasteiger partial charge in [0, 0.05) is 19.8 Å². The van der Waals surface area contributed by atoms with Crippen molar-refractivity contribution in [1.29, 1.82) is 0 Å². The van der Waals surface area contributed by atoms with E-state index in [1.165, 1.54) is 4.90 Å². The SMILES string of the molecule is CC1=C(C(=O)N(C)C)[C@@H](c2ccc(C)cc2C)NC(=O)N1. The Kier molecular flexibility index (Phi) is 4.02. The number of allylic oxidation sites excluding steroid dienone is 1. The van der Waals surface area contributed by atoms with Crippen molar-refractivity contribution in [3.63, 3.8) is 0 Å². The van der Waals surface area contributed by atoms with Crippen molar-refractivity contribution in [1.82, 2.24) is 15.5 Å². The number of likely N-dealkylation sites (N-methyl/N-ethyl adjacent to an activating group) is 1. The van der Waals surface area contributed by atoms with Gasteiger partial charge in [0.25, 0.3) is 5.91 Å². The van der Waals surface area contributed by atoms with E-state index in [1.807, 2.05) is 26.0 Å². The normalized spacial score (nSPS) is 18.1. The molecule has 2 rings (SSSR count). The summed E-state index contributed by atoms with van der Waals surface area (Å²) in [5.41, 5.74) is 4.32. The summed E-state index contributed by atoms with van der Waals surface area (Å²) in [6.07, 6.45) is 0. The van der Waals surface area contributed by atoms with Crippen molar-refractivity contribution in [2.24, 2.45) is 0 Å². The average molecular weight is 287 g/mol. The lowest BCUT2D eigenvalue weighted by molar-refractivity contribution is -0.125. The number of carbonyl (C=O) groups is 2. The molecule has 0 saturated heterocycles. The third kappa shape index (κ3) is 2.91. The van der Waals surface area contributed by atoms with Crippen LogP contribution >= 0.6 is 0 Å². The van der Waals surface area contributed by atoms with E-state index in [2.05, 4.69) is 16.7 Å². The van der Waals surface area contributed by atoms with E-state index in [0.717, 1.165) is 16.7 Å². The second-order valence-electron chi connectivity index (χ2n) is 5.63. The molecule has 1 aromatic carbocycles. The van der Waals surface area contributed by atoms with Crippen LogP contribution in [-0.2, 0) is 4.79 Å². The fraction of sp³-hybridized carbons (Fsp3) is 0.375. The summed E-state index contributed by atoms with van der Waals surface area (Å²) in [7, 11) is 3.41. The van der Waals surface area contributed by atoms with Crippen molar-refractivity contribution >= 4 is 11.9 Å². The van der Waals surface area contributed by atoms with E-state index in [1.54, 1.807) is 21.0 Å². The van der Waals surface area contributed by atoms with Gasteiger partial charge >= 0.3 is 6.03 Å². The number of urea groups is 1. The van der Waals surface area contributed by atoms with E-state index >= 15 is 0 Å². The lowest BCUT2D eigenvalue weighted by atomic mass is 9.91. The zero-order valence-corrected chi connectivity index (χ0v) is 13.1. The molecule has 1 aliphatic heterocycles. The summed E-state index contributed by atoms with van der Waals surface area (Å²) in [4.78, 5) is 25.8. The summed E-state index contributed by atoms with van der Waals surface area (Å²) < 4.78 is 0. The topological polar surface area (TPSA) is 61.4 Å². The van der Waals surface area contributed by atoms with Crippen LogP contribution in [0.3, 0.4) is 0 Å². The molecule has 0 radical (unpaired) electrons. The average Bonchev–Trinajstić information content (AvgIpc) is 2.37. The molecular weight excluding hydrogens is 266 g/mol. The van der Waals surface area contributed by atoms with Crippen LogP contribution in [0.15, 0.2) is 29.5 Å². The van der Waals surface area contributed by atoms with Crippen molar-refractivity contribution in [2.75, 3.05) is 14.1 Å². The number of nitrogens with zero attached hydrogens (tertiary/aromatic N) is 1. The Morgan fingerprint density at radius 3 is 2.43 bits per heavy atom. The summed E-state index contributed by atoms with van der Waals surface area (Å²) >= 11 is 0. The molecule has 0 unspecified atom stereocenters. The van der Waals surface area contributed by atoms with Gasteiger partial charge in [-0.2, -0.15) is 0 Å². The summed E-state index contributed by atoms with van der Waals surface area (Å²) in [5.74, 6) is -0.107. The predicted octanol–water partition coefficient (Wildman–Crippen LogP) is 2.02. The molecule has 2 N–H and O–H groups in total. The highest BCUT2D eigenvalue weighted by molar-refractivity contribution is 5.98. The van der Waals surface area contributed by atoms with E-state index in [-0.39, 0.29) is 11.9 Å². The zero-order chi connectivity index (χ0) is 15.7. The standard InChI is InChI=1S/C16H21N3O2/c1-9-6-7-12(10(2)8-9)14-13(15(20)19(4)5)11(3)17-16(21)18-14/h6-8,14H,1-5H3,(H2,17,18,21)/t14-/m1/s1. The Labute approximate surface area is 125 Å². The van der Waals surface area contributed by atoms with Crippen LogP contribution in [0.4, 0.5) is 4.79 Å². The highest BCUT2D eigenvalue weighted by Crippen LogP contribution is 2.30.